The minimum atomic E-state index is -0.832. The Kier molecular flexibility index (Phi) is 7.24. The van der Waals surface area contributed by atoms with Gasteiger partial charge in [0.2, 0.25) is 11.7 Å². The zero-order valence-corrected chi connectivity index (χ0v) is 15.1. The van der Waals surface area contributed by atoms with Gasteiger partial charge in [-0.05, 0) is 30.3 Å². The van der Waals surface area contributed by atoms with Crippen LogP contribution in [0.4, 0.5) is 4.79 Å². The predicted molar refractivity (Wildman–Crippen MR) is 93.5 cm³/mol. The second kappa shape index (κ2) is 9.19. The Labute approximate surface area is 151 Å². The summed E-state index contributed by atoms with van der Waals surface area (Å²) < 4.78 is 16.6. The van der Waals surface area contributed by atoms with Crippen LogP contribution in [0.5, 0.6) is 5.75 Å². The second-order valence-corrected chi connectivity index (χ2v) is 6.58. The Morgan fingerprint density at radius 3 is 2.76 bits per heavy atom. The first-order chi connectivity index (χ1) is 12.0. The van der Waals surface area contributed by atoms with Crippen molar-refractivity contribution in [1.82, 2.24) is 5.32 Å². The minimum absolute atomic E-state index is 0.213. The van der Waals surface area contributed by atoms with E-state index in [4.69, 9.17) is 14.2 Å². The predicted octanol–water partition coefficient (Wildman–Crippen LogP) is 2.03. The Balaban J connectivity index is 1.96. The number of thioether (sulfide) groups is 1. The summed E-state index contributed by atoms with van der Waals surface area (Å²) in [6.45, 7) is 4.08. The highest BCUT2D eigenvalue weighted by atomic mass is 32.2. The standard InChI is InChI=1S/C17H23NO6S/c1-3-8-22-17(11-23-17)14-6-4-5-7-15(14)24-16(21)25-10-13(9-19)18-12(2)20/h4-7,13,19H,3,8-11H2,1-2H3,(H,18,20). The van der Waals surface area contributed by atoms with Crippen molar-refractivity contribution >= 4 is 23.0 Å². The maximum absolute atomic E-state index is 12.1. The van der Waals surface area contributed by atoms with Crippen molar-refractivity contribution in [3.05, 3.63) is 29.8 Å². The normalized spacial score (nSPS) is 20.0. The van der Waals surface area contributed by atoms with Crippen LogP contribution in [0.2, 0.25) is 0 Å². The number of hydrogen-bond donors (Lipinski definition) is 2. The number of hydrogen-bond acceptors (Lipinski definition) is 7. The third kappa shape index (κ3) is 5.71. The number of benzene rings is 1. The molecule has 1 aliphatic heterocycles. The number of nitrogens with one attached hydrogen (secondary N) is 1. The van der Waals surface area contributed by atoms with Gasteiger partial charge in [-0.2, -0.15) is 0 Å². The number of para-hydroxylation sites is 1. The molecule has 25 heavy (non-hydrogen) atoms. The van der Waals surface area contributed by atoms with Crippen LogP contribution >= 0.6 is 11.8 Å². The zero-order chi connectivity index (χ0) is 18.3. The van der Waals surface area contributed by atoms with Gasteiger partial charge in [0.15, 0.2) is 0 Å². The molecule has 2 atom stereocenters. The zero-order valence-electron chi connectivity index (χ0n) is 14.3. The second-order valence-electron chi connectivity index (χ2n) is 5.63. The summed E-state index contributed by atoms with van der Waals surface area (Å²) in [6, 6.07) is 6.59. The molecule has 138 valence electrons. The maximum atomic E-state index is 12.1. The van der Waals surface area contributed by atoms with Crippen molar-refractivity contribution in [1.29, 1.82) is 0 Å². The lowest BCUT2D eigenvalue weighted by atomic mass is 10.1. The lowest BCUT2D eigenvalue weighted by Gasteiger charge is -2.17. The Morgan fingerprint density at radius 2 is 2.16 bits per heavy atom. The Bertz CT molecular complexity index is 605. The average Bonchev–Trinajstić information content (AvgIpc) is 3.38. The van der Waals surface area contributed by atoms with Crippen LogP contribution < -0.4 is 10.1 Å². The topological polar surface area (TPSA) is 97.4 Å². The van der Waals surface area contributed by atoms with E-state index in [0.29, 0.717) is 24.5 Å². The van der Waals surface area contributed by atoms with Crippen LogP contribution in [0.3, 0.4) is 0 Å². The van der Waals surface area contributed by atoms with Gasteiger partial charge in [0.1, 0.15) is 12.4 Å². The SMILES string of the molecule is CCCOC1(c2ccccc2OC(=O)SCC(CO)NC(C)=O)CO1. The van der Waals surface area contributed by atoms with Gasteiger partial charge >= 0.3 is 5.30 Å². The smallest absolute Gasteiger partial charge is 0.372 e. The first kappa shape index (κ1) is 19.7. The largest absolute Gasteiger partial charge is 0.418 e. The summed E-state index contributed by atoms with van der Waals surface area (Å²) in [7, 11) is 0. The van der Waals surface area contributed by atoms with E-state index in [1.807, 2.05) is 19.1 Å². The van der Waals surface area contributed by atoms with Crippen LogP contribution in [-0.4, -0.2) is 47.9 Å². The molecule has 2 unspecified atom stereocenters. The maximum Gasteiger partial charge on any atom is 0.372 e. The van der Waals surface area contributed by atoms with Gasteiger partial charge < -0.3 is 24.6 Å². The summed E-state index contributed by atoms with van der Waals surface area (Å²) in [6.07, 6.45) is 0.856. The molecule has 1 amide bonds. The van der Waals surface area contributed by atoms with E-state index in [1.54, 1.807) is 12.1 Å². The molecule has 0 radical (unpaired) electrons. The van der Waals surface area contributed by atoms with Gasteiger partial charge in [-0.3, -0.25) is 4.79 Å². The van der Waals surface area contributed by atoms with Crippen molar-refractivity contribution in [2.75, 3.05) is 25.6 Å². The highest BCUT2D eigenvalue weighted by molar-refractivity contribution is 8.13. The summed E-state index contributed by atoms with van der Waals surface area (Å²) >= 11 is 0.886. The average molecular weight is 369 g/mol. The minimum Gasteiger partial charge on any atom is -0.418 e. The molecule has 0 aromatic heterocycles. The molecule has 1 aromatic carbocycles. The molecule has 0 spiro atoms. The van der Waals surface area contributed by atoms with Gasteiger partial charge in [0.05, 0.1) is 24.8 Å². The number of amides is 1. The quantitative estimate of drug-likeness (QED) is 0.508. The van der Waals surface area contributed by atoms with E-state index in [1.165, 1.54) is 6.92 Å². The Hall–Kier alpha value is -1.61. The summed E-state index contributed by atoms with van der Waals surface area (Å²) in [5, 5.41) is 11.2. The van der Waals surface area contributed by atoms with E-state index >= 15 is 0 Å². The number of rotatable bonds is 9. The fourth-order valence-corrected chi connectivity index (χ4v) is 2.91. The highest BCUT2D eigenvalue weighted by Gasteiger charge is 2.50. The number of ether oxygens (including phenoxy) is 3. The molecule has 1 saturated heterocycles. The van der Waals surface area contributed by atoms with Crippen LogP contribution in [0, 0.1) is 0 Å². The van der Waals surface area contributed by atoms with Crippen molar-refractivity contribution in [3.63, 3.8) is 0 Å². The number of carbonyl (C=O) groups is 2. The molecule has 8 heteroatoms. The summed E-state index contributed by atoms with van der Waals surface area (Å²) in [4.78, 5) is 23.1. The number of aliphatic hydroxyl groups is 1. The first-order valence-electron chi connectivity index (χ1n) is 8.10. The van der Waals surface area contributed by atoms with Crippen LogP contribution in [-0.2, 0) is 20.1 Å². The molecule has 2 rings (SSSR count). The molecule has 0 bridgehead atoms. The third-order valence-electron chi connectivity index (χ3n) is 3.47. The van der Waals surface area contributed by atoms with Gasteiger partial charge in [-0.1, -0.05) is 19.1 Å². The molecular formula is C17H23NO6S. The Morgan fingerprint density at radius 1 is 1.44 bits per heavy atom. The van der Waals surface area contributed by atoms with Crippen LogP contribution in [0.25, 0.3) is 0 Å². The van der Waals surface area contributed by atoms with Crippen LogP contribution in [0.15, 0.2) is 24.3 Å². The van der Waals surface area contributed by atoms with Crippen molar-refractivity contribution in [3.8, 4) is 5.75 Å². The molecule has 2 N–H and O–H groups in total. The van der Waals surface area contributed by atoms with Gasteiger partial charge in [-0.25, -0.2) is 4.79 Å². The lowest BCUT2D eigenvalue weighted by Crippen LogP contribution is -2.38. The van der Waals surface area contributed by atoms with E-state index < -0.39 is 17.1 Å². The van der Waals surface area contributed by atoms with Gasteiger partial charge in [-0.15, -0.1) is 0 Å². The fourth-order valence-electron chi connectivity index (χ4n) is 2.23. The van der Waals surface area contributed by atoms with Crippen molar-refractivity contribution in [2.24, 2.45) is 0 Å². The van der Waals surface area contributed by atoms with Crippen molar-refractivity contribution in [2.45, 2.75) is 32.1 Å². The van der Waals surface area contributed by atoms with Crippen LogP contribution in [0.1, 0.15) is 25.8 Å². The number of epoxide rings is 1. The monoisotopic (exact) mass is 369 g/mol. The number of carbonyl (C=O) groups excluding carboxylic acids is 2. The summed E-state index contributed by atoms with van der Waals surface area (Å²) in [5.41, 5.74) is 0.679. The van der Waals surface area contributed by atoms with E-state index in [-0.39, 0.29) is 18.3 Å². The molecule has 1 heterocycles. The molecule has 1 aromatic rings. The number of aliphatic hydroxyl groups excluding tert-OH is 1. The van der Waals surface area contributed by atoms with Gasteiger partial charge in [0, 0.05) is 12.7 Å². The van der Waals surface area contributed by atoms with E-state index in [0.717, 1.165) is 18.2 Å². The lowest BCUT2D eigenvalue weighted by molar-refractivity contribution is -0.119. The highest BCUT2D eigenvalue weighted by Crippen LogP contribution is 2.44. The molecule has 1 fully saturated rings. The van der Waals surface area contributed by atoms with E-state index in [9.17, 15) is 14.7 Å². The third-order valence-corrected chi connectivity index (χ3v) is 4.35. The first-order valence-corrected chi connectivity index (χ1v) is 9.09. The molecule has 1 aliphatic rings. The van der Waals surface area contributed by atoms with Crippen molar-refractivity contribution < 1.29 is 28.9 Å². The van der Waals surface area contributed by atoms with Gasteiger partial charge in [0.25, 0.3) is 0 Å². The van der Waals surface area contributed by atoms with E-state index in [2.05, 4.69) is 5.32 Å². The molecular weight excluding hydrogens is 346 g/mol. The molecule has 0 saturated carbocycles. The molecule has 7 nitrogen and oxygen atoms in total. The summed E-state index contributed by atoms with van der Waals surface area (Å²) in [5.74, 6) is -0.500. The fraction of sp³-hybridized carbons (Fsp3) is 0.529. The molecule has 0 aliphatic carbocycles.